The van der Waals surface area contributed by atoms with Crippen LogP contribution in [0.2, 0.25) is 0 Å². The third kappa shape index (κ3) is 2.91. The van der Waals surface area contributed by atoms with Gasteiger partial charge in [-0.05, 0) is 51.5 Å². The molecule has 7 nitrogen and oxygen atoms in total. The molecule has 146 valence electrons. The van der Waals surface area contributed by atoms with Gasteiger partial charge in [0.05, 0.1) is 12.2 Å². The molecule has 5 rings (SSSR count). The molecule has 2 saturated carbocycles. The van der Waals surface area contributed by atoms with Crippen molar-refractivity contribution in [2.75, 3.05) is 0 Å². The van der Waals surface area contributed by atoms with Crippen LogP contribution in [0.15, 0.2) is 29.5 Å². The molecule has 2 fully saturated rings. The topological polar surface area (TPSA) is 89.4 Å². The lowest BCUT2D eigenvalue weighted by molar-refractivity contribution is 0.103. The number of hydrogen-bond donors (Lipinski definition) is 1. The minimum absolute atomic E-state index is 0.0816. The number of alkyl halides is 1. The van der Waals surface area contributed by atoms with E-state index in [1.54, 1.807) is 31.6 Å². The fraction of sp³-hybridized carbons (Fsp3) is 0.550. The van der Waals surface area contributed by atoms with Crippen LogP contribution in [0.4, 0.5) is 4.39 Å². The van der Waals surface area contributed by atoms with Crippen molar-refractivity contribution in [2.24, 2.45) is 0 Å². The molecule has 28 heavy (non-hydrogen) atoms. The van der Waals surface area contributed by atoms with Crippen LogP contribution in [0, 0.1) is 0 Å². The van der Waals surface area contributed by atoms with Gasteiger partial charge in [0.25, 0.3) is 5.56 Å². The van der Waals surface area contributed by atoms with E-state index in [9.17, 15) is 9.18 Å². The largest absolute Gasteiger partial charge is 0.310 e. The van der Waals surface area contributed by atoms with E-state index in [2.05, 4.69) is 20.1 Å². The van der Waals surface area contributed by atoms with Crippen LogP contribution in [0.1, 0.15) is 75.0 Å². The summed E-state index contributed by atoms with van der Waals surface area (Å²) in [6.07, 6.45) is 9.41. The lowest BCUT2D eigenvalue weighted by Gasteiger charge is -2.34. The van der Waals surface area contributed by atoms with Crippen molar-refractivity contribution < 1.29 is 4.39 Å². The highest BCUT2D eigenvalue weighted by Crippen LogP contribution is 2.46. The molecule has 3 aromatic heterocycles. The molecule has 1 N–H and O–H groups in total. The number of H-pyrrole nitrogens is 1. The second-order valence-corrected chi connectivity index (χ2v) is 8.32. The molecule has 0 spiro atoms. The SMILES string of the molecule is CC1(F)CCC(n2ncc3c(=O)[nH]c(C4CCC4c4ncccn4)nc32)CC1. The van der Waals surface area contributed by atoms with Crippen LogP contribution >= 0.6 is 0 Å². The Kier molecular flexibility index (Phi) is 4.03. The maximum atomic E-state index is 14.2. The number of nitrogens with one attached hydrogen (secondary N) is 1. The summed E-state index contributed by atoms with van der Waals surface area (Å²) in [5.41, 5.74) is -0.674. The molecule has 0 amide bonds. The van der Waals surface area contributed by atoms with E-state index in [1.165, 1.54) is 0 Å². The van der Waals surface area contributed by atoms with E-state index in [-0.39, 0.29) is 23.4 Å². The van der Waals surface area contributed by atoms with E-state index in [1.807, 2.05) is 4.68 Å². The first-order valence-corrected chi connectivity index (χ1v) is 9.95. The van der Waals surface area contributed by atoms with Gasteiger partial charge in [0, 0.05) is 24.2 Å². The van der Waals surface area contributed by atoms with Crippen molar-refractivity contribution >= 4 is 11.0 Å². The molecule has 0 radical (unpaired) electrons. The third-order valence-corrected chi connectivity index (χ3v) is 6.37. The number of halogens is 1. The van der Waals surface area contributed by atoms with Gasteiger partial charge in [-0.3, -0.25) is 4.79 Å². The molecule has 3 heterocycles. The summed E-state index contributed by atoms with van der Waals surface area (Å²) >= 11 is 0. The van der Waals surface area contributed by atoms with Crippen LogP contribution in [-0.4, -0.2) is 35.4 Å². The summed E-state index contributed by atoms with van der Waals surface area (Å²) in [7, 11) is 0. The first kappa shape index (κ1) is 17.5. The quantitative estimate of drug-likeness (QED) is 0.750. The number of rotatable bonds is 3. The summed E-state index contributed by atoms with van der Waals surface area (Å²) < 4.78 is 16.0. The molecular weight excluding hydrogens is 359 g/mol. The summed E-state index contributed by atoms with van der Waals surface area (Å²) in [5, 5.41) is 4.93. The van der Waals surface area contributed by atoms with Gasteiger partial charge in [-0.1, -0.05) is 0 Å². The maximum absolute atomic E-state index is 14.2. The Bertz CT molecular complexity index is 1050. The van der Waals surface area contributed by atoms with Crippen molar-refractivity contribution in [1.29, 1.82) is 0 Å². The van der Waals surface area contributed by atoms with E-state index in [4.69, 9.17) is 4.98 Å². The average Bonchev–Trinajstić information content (AvgIpc) is 3.06. The van der Waals surface area contributed by atoms with E-state index in [0.717, 1.165) is 18.7 Å². The van der Waals surface area contributed by atoms with Crippen LogP contribution in [0.5, 0.6) is 0 Å². The minimum Gasteiger partial charge on any atom is -0.310 e. The first-order valence-electron chi connectivity index (χ1n) is 9.95. The number of aromatic amines is 1. The zero-order chi connectivity index (χ0) is 19.3. The summed E-state index contributed by atoms with van der Waals surface area (Å²) in [5.74, 6) is 1.74. The van der Waals surface area contributed by atoms with E-state index >= 15 is 0 Å². The Morgan fingerprint density at radius 2 is 1.86 bits per heavy atom. The zero-order valence-corrected chi connectivity index (χ0v) is 15.8. The Labute approximate surface area is 161 Å². The van der Waals surface area contributed by atoms with Crippen molar-refractivity contribution in [3.05, 3.63) is 46.7 Å². The fourth-order valence-corrected chi connectivity index (χ4v) is 4.48. The second-order valence-electron chi connectivity index (χ2n) is 8.32. The predicted molar refractivity (Wildman–Crippen MR) is 102 cm³/mol. The number of hydrogen-bond acceptors (Lipinski definition) is 5. The van der Waals surface area contributed by atoms with Crippen LogP contribution in [-0.2, 0) is 0 Å². The molecule has 2 atom stereocenters. The summed E-state index contributed by atoms with van der Waals surface area (Å²) in [6.45, 7) is 1.66. The van der Waals surface area contributed by atoms with Crippen molar-refractivity contribution in [2.45, 2.75) is 69.0 Å². The van der Waals surface area contributed by atoms with E-state index in [0.29, 0.717) is 42.5 Å². The molecule has 2 unspecified atom stereocenters. The Morgan fingerprint density at radius 1 is 1.14 bits per heavy atom. The van der Waals surface area contributed by atoms with Gasteiger partial charge in [0.2, 0.25) is 0 Å². The predicted octanol–water partition coefficient (Wildman–Crippen LogP) is 3.41. The zero-order valence-electron chi connectivity index (χ0n) is 15.8. The highest BCUT2D eigenvalue weighted by atomic mass is 19.1. The number of fused-ring (bicyclic) bond motifs is 1. The summed E-state index contributed by atoms with van der Waals surface area (Å²) in [4.78, 5) is 29.1. The molecule has 3 aromatic rings. The van der Waals surface area contributed by atoms with Crippen molar-refractivity contribution in [3.63, 3.8) is 0 Å². The Morgan fingerprint density at radius 3 is 2.54 bits per heavy atom. The molecule has 2 aliphatic carbocycles. The van der Waals surface area contributed by atoms with Crippen LogP contribution in [0.25, 0.3) is 11.0 Å². The van der Waals surface area contributed by atoms with Gasteiger partial charge in [-0.15, -0.1) is 0 Å². The smallest absolute Gasteiger partial charge is 0.262 e. The number of aromatic nitrogens is 6. The van der Waals surface area contributed by atoms with Gasteiger partial charge >= 0.3 is 0 Å². The maximum Gasteiger partial charge on any atom is 0.262 e. The Hall–Kier alpha value is -2.64. The third-order valence-electron chi connectivity index (χ3n) is 6.37. The lowest BCUT2D eigenvalue weighted by Crippen LogP contribution is -2.29. The fourth-order valence-electron chi connectivity index (χ4n) is 4.48. The molecule has 2 aliphatic rings. The summed E-state index contributed by atoms with van der Waals surface area (Å²) in [6, 6.07) is 1.88. The highest BCUT2D eigenvalue weighted by Gasteiger charge is 2.38. The van der Waals surface area contributed by atoms with Crippen molar-refractivity contribution in [1.82, 2.24) is 29.7 Å². The van der Waals surface area contributed by atoms with Gasteiger partial charge in [-0.2, -0.15) is 5.10 Å². The van der Waals surface area contributed by atoms with Gasteiger partial charge in [-0.25, -0.2) is 24.0 Å². The monoisotopic (exact) mass is 382 g/mol. The normalized spacial score (nSPS) is 30.3. The standard InChI is InChI=1S/C20H23FN6O/c1-20(21)7-5-12(6-8-20)27-18-15(11-24-27)19(28)26-17(25-18)14-4-3-13(14)16-22-9-2-10-23-16/h2,9-14H,3-8H2,1H3,(H,25,26,28). The van der Waals surface area contributed by atoms with Gasteiger partial charge < -0.3 is 4.98 Å². The average molecular weight is 382 g/mol. The molecule has 0 bridgehead atoms. The van der Waals surface area contributed by atoms with Crippen molar-refractivity contribution in [3.8, 4) is 0 Å². The number of nitrogens with zero attached hydrogens (tertiary/aromatic N) is 5. The van der Waals surface area contributed by atoms with Gasteiger partial charge in [0.1, 0.15) is 22.7 Å². The van der Waals surface area contributed by atoms with E-state index < -0.39 is 5.67 Å². The second kappa shape index (κ2) is 6.46. The van der Waals surface area contributed by atoms with Crippen LogP contribution < -0.4 is 5.56 Å². The van der Waals surface area contributed by atoms with Gasteiger partial charge in [0.15, 0.2) is 5.65 Å². The first-order chi connectivity index (χ1) is 13.5. The minimum atomic E-state index is -1.11. The molecular formula is C20H23FN6O. The molecule has 0 saturated heterocycles. The lowest BCUT2D eigenvalue weighted by atomic mass is 9.72. The van der Waals surface area contributed by atoms with Crippen LogP contribution in [0.3, 0.4) is 0 Å². The molecule has 8 heteroatoms. The molecule has 0 aliphatic heterocycles. The molecule has 0 aromatic carbocycles. The Balaban J connectivity index is 1.49. The highest BCUT2D eigenvalue weighted by molar-refractivity contribution is 5.73.